The third kappa shape index (κ3) is 4.03. The summed E-state index contributed by atoms with van der Waals surface area (Å²) in [7, 11) is 0. The number of nitrogens with zero attached hydrogens (tertiary/aromatic N) is 2. The van der Waals surface area contributed by atoms with E-state index in [1.165, 1.54) is 119 Å². The lowest BCUT2D eigenvalue weighted by atomic mass is 9.85. The van der Waals surface area contributed by atoms with Gasteiger partial charge in [-0.05, 0) is 193 Å². The van der Waals surface area contributed by atoms with E-state index in [1.54, 1.807) is 0 Å². The minimum atomic E-state index is 0.640. The molecule has 0 fully saturated rings. The van der Waals surface area contributed by atoms with Crippen molar-refractivity contribution in [3.63, 3.8) is 0 Å². The van der Waals surface area contributed by atoms with Crippen LogP contribution in [-0.4, -0.2) is 0 Å². The molecule has 0 aliphatic heterocycles. The van der Waals surface area contributed by atoms with Crippen LogP contribution in [0, 0.1) is 36.5 Å². The normalized spacial score (nSPS) is 12.1. The van der Waals surface area contributed by atoms with Crippen LogP contribution in [0.5, 0.6) is 0 Å². The summed E-state index contributed by atoms with van der Waals surface area (Å²) in [6, 6.07) is 57.6. The predicted molar refractivity (Wildman–Crippen MR) is 236 cm³/mol. The Labute approximate surface area is 322 Å². The molecule has 2 heteroatoms. The fourth-order valence-electron chi connectivity index (χ4n) is 10.1. The first kappa shape index (κ1) is 30.9. The minimum absolute atomic E-state index is 0.640. The molecule has 0 amide bonds. The quantitative estimate of drug-likeness (QED) is 0.168. The summed E-state index contributed by atoms with van der Waals surface area (Å²) >= 11 is 0. The number of rotatable bonds is 2. The third-order valence-electron chi connectivity index (χ3n) is 12.4. The van der Waals surface area contributed by atoms with Gasteiger partial charge in [0.05, 0.1) is 23.3 Å². The van der Waals surface area contributed by atoms with E-state index in [1.807, 2.05) is 24.3 Å². The van der Waals surface area contributed by atoms with Crippen molar-refractivity contribution in [1.29, 1.82) is 10.5 Å². The summed E-state index contributed by atoms with van der Waals surface area (Å²) in [6.45, 7) is 4.41. The summed E-state index contributed by atoms with van der Waals surface area (Å²) in [5.74, 6) is 0. The van der Waals surface area contributed by atoms with Gasteiger partial charge in [0, 0.05) is 0 Å². The molecule has 0 heterocycles. The second kappa shape index (κ2) is 11.0. The lowest BCUT2D eigenvalue weighted by Gasteiger charge is -2.17. The van der Waals surface area contributed by atoms with Gasteiger partial charge in [-0.1, -0.05) is 97.1 Å². The Morgan fingerprint density at radius 3 is 1.18 bits per heavy atom. The molecule has 0 aliphatic carbocycles. The summed E-state index contributed by atoms with van der Waals surface area (Å²) in [5, 5.41) is 42.1. The molecule has 0 unspecified atom stereocenters. The molecule has 12 rings (SSSR count). The van der Waals surface area contributed by atoms with E-state index in [4.69, 9.17) is 0 Å². The average molecular weight is 707 g/mol. The first-order valence-corrected chi connectivity index (χ1v) is 19.1. The molecule has 0 atom stereocenters. The fraction of sp³-hybridized carbons (Fsp3) is 0.0370. The van der Waals surface area contributed by atoms with Crippen LogP contribution in [0.25, 0.3) is 119 Å². The molecule has 0 aliphatic rings. The number of hydrogen-bond acceptors (Lipinski definition) is 2. The second-order valence-electron chi connectivity index (χ2n) is 15.6. The van der Waals surface area contributed by atoms with Gasteiger partial charge in [0.25, 0.3) is 0 Å². The van der Waals surface area contributed by atoms with E-state index in [2.05, 4.69) is 147 Å². The molecule has 0 aromatic heterocycles. The zero-order chi connectivity index (χ0) is 37.4. The standard InChI is InChI=1S/C54H30N2/c1-29-19-41-37-9-5-3-7-35(37)23-44-40-26-46-45(25-39(40)43(21-29)51(41)44)50(34-17-13-32(28-56)14-18-34)54-48-24-36-8-4-6-10-38(36)42-20-30(2)22-47(52(42)48)53(54)49(46)33-15-11-31(27-55)12-16-33/h3-26H,1-2H3. The Hall–Kier alpha value is -7.52. The van der Waals surface area contributed by atoms with Gasteiger partial charge < -0.3 is 0 Å². The molecule has 0 N–H and O–H groups in total. The summed E-state index contributed by atoms with van der Waals surface area (Å²) in [5.41, 5.74) is 8.25. The largest absolute Gasteiger partial charge is 0.192 e. The minimum Gasteiger partial charge on any atom is -0.192 e. The topological polar surface area (TPSA) is 47.6 Å². The average Bonchev–Trinajstić information content (AvgIpc) is 3.71. The van der Waals surface area contributed by atoms with Crippen molar-refractivity contribution < 1.29 is 0 Å². The molecule has 12 aromatic carbocycles. The van der Waals surface area contributed by atoms with E-state index in [0.717, 1.165) is 11.1 Å². The van der Waals surface area contributed by atoms with E-state index in [-0.39, 0.29) is 0 Å². The van der Waals surface area contributed by atoms with E-state index in [9.17, 15) is 10.5 Å². The van der Waals surface area contributed by atoms with Crippen LogP contribution in [-0.2, 0) is 0 Å². The van der Waals surface area contributed by atoms with Crippen molar-refractivity contribution in [1.82, 2.24) is 0 Å². The van der Waals surface area contributed by atoms with Gasteiger partial charge in [0.2, 0.25) is 0 Å². The molecule has 0 radical (unpaired) electrons. The molecule has 0 saturated heterocycles. The van der Waals surface area contributed by atoms with E-state index >= 15 is 0 Å². The fourth-order valence-corrected chi connectivity index (χ4v) is 10.1. The maximum Gasteiger partial charge on any atom is 0.0991 e. The van der Waals surface area contributed by atoms with Gasteiger partial charge >= 0.3 is 0 Å². The van der Waals surface area contributed by atoms with Crippen LogP contribution in [0.4, 0.5) is 0 Å². The first-order chi connectivity index (χ1) is 27.5. The smallest absolute Gasteiger partial charge is 0.0991 e. The number of benzene rings is 10. The van der Waals surface area contributed by atoms with Gasteiger partial charge in [0.1, 0.15) is 0 Å². The number of nitriles is 2. The molecular formula is C54H30N2. The molecule has 12 aromatic rings. The summed E-state index contributed by atoms with van der Waals surface area (Å²) in [6.07, 6.45) is 0. The molecule has 56 heavy (non-hydrogen) atoms. The van der Waals surface area contributed by atoms with Crippen LogP contribution in [0.3, 0.4) is 0 Å². The van der Waals surface area contributed by atoms with Crippen LogP contribution in [0.2, 0.25) is 0 Å². The predicted octanol–water partition coefficient (Wildman–Crippen LogP) is 14.6. The van der Waals surface area contributed by atoms with Crippen LogP contribution >= 0.6 is 0 Å². The van der Waals surface area contributed by atoms with Crippen LogP contribution < -0.4 is 0 Å². The number of hydrogen-bond donors (Lipinski definition) is 0. The molecule has 2 nitrogen and oxygen atoms in total. The highest BCUT2D eigenvalue weighted by Gasteiger charge is 2.26. The van der Waals surface area contributed by atoms with Crippen LogP contribution in [0.15, 0.2) is 146 Å². The summed E-state index contributed by atoms with van der Waals surface area (Å²) in [4.78, 5) is 0. The Balaban J connectivity index is 1.40. The van der Waals surface area contributed by atoms with Gasteiger partial charge in [-0.3, -0.25) is 0 Å². The Morgan fingerprint density at radius 1 is 0.321 bits per heavy atom. The highest BCUT2D eigenvalue weighted by molar-refractivity contribution is 6.44. The Bertz CT molecular complexity index is 3760. The summed E-state index contributed by atoms with van der Waals surface area (Å²) < 4.78 is 0. The molecular weight excluding hydrogens is 677 g/mol. The zero-order valence-electron chi connectivity index (χ0n) is 30.8. The Morgan fingerprint density at radius 2 is 0.696 bits per heavy atom. The van der Waals surface area contributed by atoms with Gasteiger partial charge in [-0.15, -0.1) is 0 Å². The maximum absolute atomic E-state index is 9.86. The van der Waals surface area contributed by atoms with Crippen molar-refractivity contribution in [2.75, 3.05) is 0 Å². The van der Waals surface area contributed by atoms with Gasteiger partial charge in [-0.25, -0.2) is 0 Å². The second-order valence-corrected chi connectivity index (χ2v) is 15.6. The van der Waals surface area contributed by atoms with Crippen LogP contribution in [0.1, 0.15) is 22.3 Å². The van der Waals surface area contributed by atoms with Crippen molar-refractivity contribution in [3.8, 4) is 34.4 Å². The number of aryl methyl sites for hydroxylation is 2. The Kier molecular flexibility index (Phi) is 6.08. The third-order valence-corrected chi connectivity index (χ3v) is 12.4. The molecule has 0 bridgehead atoms. The SMILES string of the molecule is Cc1cc2c3ccccc3cc3c4cc5c(-c6ccc(C#N)cc6)c6c7cc(C)cc8c9ccccc9cc(c6c(-c6ccc(C#N)cc6)c5cc4c(c1)c23)c87. The number of fused-ring (bicyclic) bond motifs is 11. The molecule has 256 valence electrons. The highest BCUT2D eigenvalue weighted by atomic mass is 14.3. The maximum atomic E-state index is 9.86. The van der Waals surface area contributed by atoms with Gasteiger partial charge in [0.15, 0.2) is 0 Å². The first-order valence-electron chi connectivity index (χ1n) is 19.1. The van der Waals surface area contributed by atoms with Crippen molar-refractivity contribution in [2.24, 2.45) is 0 Å². The van der Waals surface area contributed by atoms with Gasteiger partial charge in [-0.2, -0.15) is 10.5 Å². The zero-order valence-corrected chi connectivity index (χ0v) is 30.8. The highest BCUT2D eigenvalue weighted by Crippen LogP contribution is 2.54. The van der Waals surface area contributed by atoms with E-state index < -0.39 is 0 Å². The molecule has 0 spiro atoms. The van der Waals surface area contributed by atoms with Crippen molar-refractivity contribution in [3.05, 3.63) is 168 Å². The van der Waals surface area contributed by atoms with Crippen molar-refractivity contribution in [2.45, 2.75) is 13.8 Å². The monoisotopic (exact) mass is 706 g/mol. The molecule has 0 saturated carbocycles. The van der Waals surface area contributed by atoms with Crippen molar-refractivity contribution >= 4 is 97.0 Å². The lowest BCUT2D eigenvalue weighted by Crippen LogP contribution is -1.90. The van der Waals surface area contributed by atoms with E-state index in [0.29, 0.717) is 11.1 Å². The lowest BCUT2D eigenvalue weighted by molar-refractivity contribution is 1.48.